The van der Waals surface area contributed by atoms with Crippen LogP contribution in [0, 0.1) is 5.82 Å². The summed E-state index contributed by atoms with van der Waals surface area (Å²) in [5.41, 5.74) is 3.52. The number of aromatic nitrogens is 4. The molecule has 178 valence electrons. The maximum absolute atomic E-state index is 13.5. The van der Waals surface area contributed by atoms with Gasteiger partial charge in [0.05, 0.1) is 5.69 Å². The van der Waals surface area contributed by atoms with Crippen LogP contribution in [0.2, 0.25) is 5.02 Å². The molecular weight excluding hydrogens is 497 g/mol. The monoisotopic (exact) mass is 515 g/mol. The highest BCUT2D eigenvalue weighted by Crippen LogP contribution is 2.30. The largest absolute Gasteiger partial charge is 0.322 e. The first-order chi connectivity index (χ1) is 17.6. The molecule has 9 heteroatoms. The Morgan fingerprint density at radius 3 is 2.56 bits per heavy atom. The summed E-state index contributed by atoms with van der Waals surface area (Å²) in [6.45, 7) is 0. The molecule has 3 aromatic carbocycles. The Kier molecular flexibility index (Phi) is 7.06. The highest BCUT2D eigenvalue weighted by atomic mass is 35.5. The predicted molar refractivity (Wildman–Crippen MR) is 140 cm³/mol. The first-order valence-corrected chi connectivity index (χ1v) is 12.3. The van der Waals surface area contributed by atoms with E-state index in [1.165, 1.54) is 23.9 Å². The van der Waals surface area contributed by atoms with E-state index in [4.69, 9.17) is 11.6 Å². The van der Waals surface area contributed by atoms with Gasteiger partial charge in [-0.05, 0) is 66.2 Å². The average molecular weight is 516 g/mol. The molecule has 6 nitrogen and oxygen atoms in total. The molecule has 1 amide bonds. The summed E-state index contributed by atoms with van der Waals surface area (Å²) < 4.78 is 15.4. The van der Waals surface area contributed by atoms with Crippen LogP contribution < -0.4 is 5.32 Å². The van der Waals surface area contributed by atoms with Crippen molar-refractivity contribution in [2.45, 2.75) is 10.9 Å². The third-order valence-corrected chi connectivity index (χ3v) is 6.51. The second-order valence-corrected chi connectivity index (χ2v) is 9.19. The molecule has 1 N–H and O–H groups in total. The van der Waals surface area contributed by atoms with Crippen molar-refractivity contribution in [3.63, 3.8) is 0 Å². The Morgan fingerprint density at radius 2 is 1.75 bits per heavy atom. The van der Waals surface area contributed by atoms with Crippen LogP contribution in [0.5, 0.6) is 0 Å². The van der Waals surface area contributed by atoms with E-state index < -0.39 is 5.82 Å². The van der Waals surface area contributed by atoms with E-state index in [1.54, 1.807) is 30.6 Å². The average Bonchev–Trinajstić information content (AvgIpc) is 3.32. The minimum absolute atomic E-state index is 0.311. The van der Waals surface area contributed by atoms with Gasteiger partial charge >= 0.3 is 0 Å². The number of hydrogen-bond donors (Lipinski definition) is 1. The summed E-state index contributed by atoms with van der Waals surface area (Å²) >= 11 is 7.76. The number of carbonyl (C=O) groups excluding carboxylic acids is 1. The number of nitrogens with one attached hydrogen (secondary N) is 1. The zero-order valence-electron chi connectivity index (χ0n) is 18.8. The van der Waals surface area contributed by atoms with E-state index in [0.717, 1.165) is 16.8 Å². The van der Waals surface area contributed by atoms with Gasteiger partial charge in [-0.25, -0.2) is 4.39 Å². The standard InChI is InChI=1S/C27H19ClFN5OS/c28-21-6-2-9-24(15-21)34-25(19-10-12-30-13-11-19)32-33-27(34)36-17-18-4-1-5-20(14-18)26(35)31-23-8-3-7-22(29)16-23/h1-16H,17H2,(H,31,35). The molecule has 0 saturated carbocycles. The van der Waals surface area contributed by atoms with Gasteiger partial charge in [0.2, 0.25) is 0 Å². The zero-order valence-corrected chi connectivity index (χ0v) is 20.4. The second kappa shape index (κ2) is 10.7. The van der Waals surface area contributed by atoms with Gasteiger partial charge in [0.15, 0.2) is 11.0 Å². The number of pyridine rings is 1. The maximum atomic E-state index is 13.5. The minimum atomic E-state index is -0.409. The molecule has 5 aromatic rings. The lowest BCUT2D eigenvalue weighted by Crippen LogP contribution is -2.12. The van der Waals surface area contributed by atoms with Crippen LogP contribution in [0.4, 0.5) is 10.1 Å². The van der Waals surface area contributed by atoms with Gasteiger partial charge in [-0.15, -0.1) is 10.2 Å². The lowest BCUT2D eigenvalue weighted by molar-refractivity contribution is 0.102. The first kappa shape index (κ1) is 23.7. The molecule has 0 saturated heterocycles. The van der Waals surface area contributed by atoms with E-state index in [-0.39, 0.29) is 5.91 Å². The van der Waals surface area contributed by atoms with Crippen molar-refractivity contribution in [3.05, 3.63) is 119 Å². The van der Waals surface area contributed by atoms with Crippen LogP contribution in [-0.4, -0.2) is 25.7 Å². The number of nitrogens with zero attached hydrogens (tertiary/aromatic N) is 4. The predicted octanol–water partition coefficient (Wildman–Crippen LogP) is 6.67. The van der Waals surface area contributed by atoms with Crippen molar-refractivity contribution in [1.82, 2.24) is 19.7 Å². The molecular formula is C27H19ClFN5OS. The SMILES string of the molecule is O=C(Nc1cccc(F)c1)c1cccc(CSc2nnc(-c3ccncc3)n2-c2cccc(Cl)c2)c1. The molecule has 0 radical (unpaired) electrons. The lowest BCUT2D eigenvalue weighted by atomic mass is 10.1. The van der Waals surface area contributed by atoms with Gasteiger partial charge in [0, 0.05) is 40.0 Å². The number of rotatable bonds is 7. The molecule has 0 aliphatic heterocycles. The first-order valence-electron chi connectivity index (χ1n) is 11.0. The molecule has 0 aliphatic carbocycles. The number of carbonyl (C=O) groups is 1. The van der Waals surface area contributed by atoms with Gasteiger partial charge in [0.25, 0.3) is 5.91 Å². The third-order valence-electron chi connectivity index (χ3n) is 5.28. The third kappa shape index (κ3) is 5.45. The number of benzene rings is 3. The van der Waals surface area contributed by atoms with E-state index in [1.807, 2.05) is 59.2 Å². The maximum Gasteiger partial charge on any atom is 0.255 e. The Bertz CT molecular complexity index is 1530. The van der Waals surface area contributed by atoms with Gasteiger partial charge < -0.3 is 5.32 Å². The molecule has 36 heavy (non-hydrogen) atoms. The van der Waals surface area contributed by atoms with Crippen molar-refractivity contribution in [2.75, 3.05) is 5.32 Å². The highest BCUT2D eigenvalue weighted by Gasteiger charge is 2.17. The Labute approximate surface area is 216 Å². The summed E-state index contributed by atoms with van der Waals surface area (Å²) in [5, 5.41) is 12.9. The Hall–Kier alpha value is -4.01. The van der Waals surface area contributed by atoms with Crippen LogP contribution in [0.15, 0.2) is 102 Å². The molecule has 0 spiro atoms. The van der Waals surface area contributed by atoms with Crippen molar-refractivity contribution in [3.8, 4) is 17.1 Å². The molecule has 0 bridgehead atoms. The summed E-state index contributed by atoms with van der Waals surface area (Å²) in [7, 11) is 0. The molecule has 5 rings (SSSR count). The zero-order chi connectivity index (χ0) is 24.9. The van der Waals surface area contributed by atoms with Gasteiger partial charge in [-0.1, -0.05) is 47.6 Å². The number of hydrogen-bond acceptors (Lipinski definition) is 5. The van der Waals surface area contributed by atoms with Crippen molar-refractivity contribution >= 4 is 35.0 Å². The second-order valence-electron chi connectivity index (χ2n) is 7.81. The van der Waals surface area contributed by atoms with Crippen LogP contribution in [0.1, 0.15) is 15.9 Å². The summed E-state index contributed by atoms with van der Waals surface area (Å²) in [4.78, 5) is 16.8. The molecule has 2 heterocycles. The van der Waals surface area contributed by atoms with E-state index >= 15 is 0 Å². The topological polar surface area (TPSA) is 72.7 Å². The quantitative estimate of drug-likeness (QED) is 0.245. The number of halogens is 2. The normalized spacial score (nSPS) is 10.8. The van der Waals surface area contributed by atoms with Gasteiger partial charge in [-0.3, -0.25) is 14.3 Å². The smallest absolute Gasteiger partial charge is 0.255 e. The highest BCUT2D eigenvalue weighted by molar-refractivity contribution is 7.98. The molecule has 0 atom stereocenters. The summed E-state index contributed by atoms with van der Waals surface area (Å²) in [6.07, 6.45) is 3.42. The molecule has 0 fully saturated rings. The number of anilines is 1. The van der Waals surface area contributed by atoms with E-state index in [2.05, 4.69) is 20.5 Å². The van der Waals surface area contributed by atoms with Crippen LogP contribution in [0.3, 0.4) is 0 Å². The van der Waals surface area contributed by atoms with E-state index in [0.29, 0.717) is 33.0 Å². The molecule has 0 aliphatic rings. The number of thioether (sulfide) groups is 1. The molecule has 2 aromatic heterocycles. The minimum Gasteiger partial charge on any atom is -0.322 e. The van der Waals surface area contributed by atoms with Crippen molar-refractivity contribution in [2.24, 2.45) is 0 Å². The fourth-order valence-electron chi connectivity index (χ4n) is 3.62. The van der Waals surface area contributed by atoms with Crippen molar-refractivity contribution in [1.29, 1.82) is 0 Å². The fourth-order valence-corrected chi connectivity index (χ4v) is 4.70. The number of amides is 1. The van der Waals surface area contributed by atoms with Crippen molar-refractivity contribution < 1.29 is 9.18 Å². The van der Waals surface area contributed by atoms with E-state index in [9.17, 15) is 9.18 Å². The lowest BCUT2D eigenvalue weighted by Gasteiger charge is -2.11. The molecule has 0 unspecified atom stereocenters. The Balaban J connectivity index is 1.39. The van der Waals surface area contributed by atoms with Crippen LogP contribution in [-0.2, 0) is 5.75 Å². The van der Waals surface area contributed by atoms with Crippen LogP contribution >= 0.6 is 23.4 Å². The van der Waals surface area contributed by atoms with Crippen LogP contribution in [0.25, 0.3) is 17.1 Å². The summed E-state index contributed by atoms with van der Waals surface area (Å²) in [6, 6.07) is 24.3. The van der Waals surface area contributed by atoms with Gasteiger partial charge in [-0.2, -0.15) is 0 Å². The summed E-state index contributed by atoms with van der Waals surface area (Å²) in [5.74, 6) is 0.503. The fraction of sp³-hybridized carbons (Fsp3) is 0.0370. The van der Waals surface area contributed by atoms with Gasteiger partial charge in [0.1, 0.15) is 5.82 Å². The Morgan fingerprint density at radius 1 is 0.944 bits per heavy atom.